The highest BCUT2D eigenvalue weighted by Gasteiger charge is 2.10. The monoisotopic (exact) mass is 440 g/mol. The van der Waals surface area contributed by atoms with Crippen molar-refractivity contribution in [3.05, 3.63) is 67.0 Å². The summed E-state index contributed by atoms with van der Waals surface area (Å²) in [7, 11) is 0. The standard InChI is InChI=1S/C17H14Cl2N4O2S2/c1-9-4-14(24)22-17(21-9)26-8-15(25)23-16-20-7-11(27-16)5-10-2-3-12(18)13(19)6-10/h2-4,6-7H,5,8H2,1H3,(H,20,23,25)(H,21,22,24). The number of carbonyl (C=O) groups excluding carboxylic acids is 1. The molecule has 0 unspecified atom stereocenters. The average Bonchev–Trinajstić information content (AvgIpc) is 3.02. The van der Waals surface area contributed by atoms with E-state index in [4.69, 9.17) is 23.2 Å². The SMILES string of the molecule is Cc1cc(=O)[nH]c(SCC(=O)Nc2ncc(Cc3ccc(Cl)c(Cl)c3)s2)n1. The van der Waals surface area contributed by atoms with E-state index in [2.05, 4.69) is 20.3 Å². The van der Waals surface area contributed by atoms with Crippen LogP contribution < -0.4 is 10.9 Å². The van der Waals surface area contributed by atoms with Gasteiger partial charge in [0.25, 0.3) is 5.56 Å². The first-order valence-corrected chi connectivity index (χ1v) is 10.3. The van der Waals surface area contributed by atoms with Crippen LogP contribution in [0.2, 0.25) is 10.0 Å². The quantitative estimate of drug-likeness (QED) is 0.443. The number of nitrogens with one attached hydrogen (secondary N) is 2. The van der Waals surface area contributed by atoms with Crippen molar-refractivity contribution in [3.63, 3.8) is 0 Å². The predicted octanol–water partition coefficient (Wildman–Crippen LogP) is 4.16. The molecule has 10 heteroatoms. The van der Waals surface area contributed by atoms with Gasteiger partial charge in [-0.2, -0.15) is 0 Å². The van der Waals surface area contributed by atoms with Crippen molar-refractivity contribution in [3.8, 4) is 0 Å². The first-order chi connectivity index (χ1) is 12.9. The maximum absolute atomic E-state index is 12.1. The Morgan fingerprint density at radius 3 is 2.85 bits per heavy atom. The third-order valence-corrected chi connectivity index (χ3v) is 5.88. The van der Waals surface area contributed by atoms with E-state index in [-0.39, 0.29) is 17.2 Å². The van der Waals surface area contributed by atoms with Gasteiger partial charge < -0.3 is 10.3 Å². The van der Waals surface area contributed by atoms with Gasteiger partial charge in [0.2, 0.25) is 5.91 Å². The lowest BCUT2D eigenvalue weighted by Crippen LogP contribution is -2.15. The molecule has 0 aliphatic heterocycles. The smallest absolute Gasteiger partial charge is 0.251 e. The summed E-state index contributed by atoms with van der Waals surface area (Å²) in [6, 6.07) is 6.87. The normalized spacial score (nSPS) is 10.8. The summed E-state index contributed by atoms with van der Waals surface area (Å²) in [4.78, 5) is 35.5. The fourth-order valence-electron chi connectivity index (χ4n) is 2.21. The van der Waals surface area contributed by atoms with Crippen molar-refractivity contribution in [2.45, 2.75) is 18.5 Å². The molecule has 2 heterocycles. The Labute approximate surface area is 173 Å². The van der Waals surface area contributed by atoms with Crippen LogP contribution in [0.5, 0.6) is 0 Å². The van der Waals surface area contributed by atoms with Crippen LogP contribution in [0.1, 0.15) is 16.1 Å². The van der Waals surface area contributed by atoms with Gasteiger partial charge in [0.05, 0.1) is 15.8 Å². The first-order valence-electron chi connectivity index (χ1n) is 7.78. The fraction of sp³-hybridized carbons (Fsp3) is 0.176. The number of nitrogens with zero attached hydrogens (tertiary/aromatic N) is 2. The van der Waals surface area contributed by atoms with Crippen molar-refractivity contribution < 1.29 is 4.79 Å². The highest BCUT2D eigenvalue weighted by atomic mass is 35.5. The van der Waals surface area contributed by atoms with Crippen molar-refractivity contribution in [1.29, 1.82) is 0 Å². The zero-order valence-electron chi connectivity index (χ0n) is 14.1. The minimum absolute atomic E-state index is 0.119. The summed E-state index contributed by atoms with van der Waals surface area (Å²) < 4.78 is 0. The minimum atomic E-state index is -0.239. The molecule has 1 aromatic carbocycles. The number of aromatic amines is 1. The maximum atomic E-state index is 12.1. The number of anilines is 1. The lowest BCUT2D eigenvalue weighted by Gasteiger charge is -2.02. The first kappa shape index (κ1) is 19.9. The second-order valence-electron chi connectivity index (χ2n) is 5.59. The average molecular weight is 441 g/mol. The molecule has 0 saturated heterocycles. The van der Waals surface area contributed by atoms with E-state index in [1.165, 1.54) is 17.4 Å². The Kier molecular flexibility index (Phi) is 6.54. The molecule has 6 nitrogen and oxygen atoms in total. The van der Waals surface area contributed by atoms with E-state index in [9.17, 15) is 9.59 Å². The third-order valence-electron chi connectivity index (χ3n) is 3.35. The zero-order valence-corrected chi connectivity index (χ0v) is 17.2. The van der Waals surface area contributed by atoms with Crippen LogP contribution in [0, 0.1) is 6.92 Å². The summed E-state index contributed by atoms with van der Waals surface area (Å²) in [6.45, 7) is 1.73. The lowest BCUT2D eigenvalue weighted by molar-refractivity contribution is -0.113. The van der Waals surface area contributed by atoms with Crippen LogP contribution in [0.15, 0.2) is 40.4 Å². The second kappa shape index (κ2) is 8.88. The number of H-pyrrole nitrogens is 1. The van der Waals surface area contributed by atoms with E-state index in [0.717, 1.165) is 22.2 Å². The van der Waals surface area contributed by atoms with Crippen LogP contribution in [-0.2, 0) is 11.2 Å². The number of carbonyl (C=O) groups is 1. The molecule has 3 aromatic rings. The Morgan fingerprint density at radius 2 is 2.11 bits per heavy atom. The maximum Gasteiger partial charge on any atom is 0.251 e. The Bertz CT molecular complexity index is 1040. The van der Waals surface area contributed by atoms with Crippen LogP contribution in [0.3, 0.4) is 0 Å². The van der Waals surface area contributed by atoms with E-state index < -0.39 is 0 Å². The summed E-state index contributed by atoms with van der Waals surface area (Å²) >= 11 is 14.5. The number of aryl methyl sites for hydroxylation is 1. The van der Waals surface area contributed by atoms with Crippen LogP contribution in [0.4, 0.5) is 5.13 Å². The molecule has 0 radical (unpaired) electrons. The number of thiazole rings is 1. The number of aromatic nitrogens is 3. The van der Waals surface area contributed by atoms with Crippen LogP contribution in [0.25, 0.3) is 0 Å². The zero-order chi connectivity index (χ0) is 19.4. The van der Waals surface area contributed by atoms with Gasteiger partial charge in [0.15, 0.2) is 10.3 Å². The number of thioether (sulfide) groups is 1. The minimum Gasteiger partial charge on any atom is -0.301 e. The number of halogens is 2. The summed E-state index contributed by atoms with van der Waals surface area (Å²) in [6.07, 6.45) is 2.36. The Morgan fingerprint density at radius 1 is 1.30 bits per heavy atom. The van der Waals surface area contributed by atoms with E-state index >= 15 is 0 Å². The Hall–Kier alpha value is -1.87. The number of rotatable bonds is 6. The molecule has 0 fully saturated rings. The van der Waals surface area contributed by atoms with Gasteiger partial charge in [-0.3, -0.25) is 9.59 Å². The molecule has 27 heavy (non-hydrogen) atoms. The number of hydrogen-bond acceptors (Lipinski definition) is 6. The van der Waals surface area contributed by atoms with Crippen LogP contribution >= 0.6 is 46.3 Å². The molecule has 2 N–H and O–H groups in total. The van der Waals surface area contributed by atoms with Gasteiger partial charge in [-0.05, 0) is 24.6 Å². The molecule has 2 aromatic heterocycles. The largest absolute Gasteiger partial charge is 0.301 e. The third kappa shape index (κ3) is 5.80. The topological polar surface area (TPSA) is 87.7 Å². The lowest BCUT2D eigenvalue weighted by atomic mass is 10.1. The molecular formula is C17H14Cl2N4O2S2. The van der Waals surface area contributed by atoms with Gasteiger partial charge in [-0.15, -0.1) is 11.3 Å². The predicted molar refractivity (Wildman–Crippen MR) is 110 cm³/mol. The number of hydrogen-bond donors (Lipinski definition) is 2. The number of amides is 1. The molecule has 0 saturated carbocycles. The molecule has 1 amide bonds. The van der Waals surface area contributed by atoms with E-state index in [1.54, 1.807) is 19.2 Å². The van der Waals surface area contributed by atoms with Crippen molar-refractivity contribution >= 4 is 57.3 Å². The van der Waals surface area contributed by atoms with E-state index in [1.807, 2.05) is 12.1 Å². The van der Waals surface area contributed by atoms with Gasteiger partial charge >= 0.3 is 0 Å². The number of benzene rings is 1. The highest BCUT2D eigenvalue weighted by molar-refractivity contribution is 7.99. The molecular weight excluding hydrogens is 427 g/mol. The molecule has 0 atom stereocenters. The summed E-state index contributed by atoms with van der Waals surface area (Å²) in [5.41, 5.74) is 1.38. The van der Waals surface area contributed by atoms with E-state index in [0.29, 0.717) is 32.4 Å². The molecule has 3 rings (SSSR count). The second-order valence-corrected chi connectivity index (χ2v) is 8.48. The molecule has 0 aliphatic rings. The van der Waals surface area contributed by atoms with Crippen molar-refractivity contribution in [2.24, 2.45) is 0 Å². The van der Waals surface area contributed by atoms with Gasteiger partial charge in [-0.1, -0.05) is 41.0 Å². The van der Waals surface area contributed by atoms with Crippen molar-refractivity contribution in [1.82, 2.24) is 15.0 Å². The fourth-order valence-corrected chi connectivity index (χ4v) is 4.11. The van der Waals surface area contributed by atoms with Gasteiger partial charge in [0, 0.05) is 29.3 Å². The summed E-state index contributed by atoms with van der Waals surface area (Å²) in [5.74, 6) is -0.103. The molecule has 0 aliphatic carbocycles. The van der Waals surface area contributed by atoms with Gasteiger partial charge in [-0.25, -0.2) is 9.97 Å². The molecule has 140 valence electrons. The van der Waals surface area contributed by atoms with Gasteiger partial charge in [0.1, 0.15) is 0 Å². The molecule has 0 bridgehead atoms. The van der Waals surface area contributed by atoms with Crippen LogP contribution in [-0.4, -0.2) is 26.6 Å². The van der Waals surface area contributed by atoms with Crippen molar-refractivity contribution in [2.75, 3.05) is 11.1 Å². The molecule has 0 spiro atoms. The Balaban J connectivity index is 1.55. The highest BCUT2D eigenvalue weighted by Crippen LogP contribution is 2.26. The summed E-state index contributed by atoms with van der Waals surface area (Å²) in [5, 5.41) is 4.70.